The van der Waals surface area contributed by atoms with E-state index in [1.165, 1.54) is 35.4 Å². The third-order valence-electron chi connectivity index (χ3n) is 1.97. The molecule has 0 bridgehead atoms. The molecular formula is C8H9N2O4PS2. The van der Waals surface area contributed by atoms with Crippen LogP contribution in [0.1, 0.15) is 0 Å². The normalized spacial score (nSPS) is 11.9. The summed E-state index contributed by atoms with van der Waals surface area (Å²) in [5.41, 5.74) is 5.96. The van der Waals surface area contributed by atoms with Crippen LogP contribution in [0.25, 0.3) is 11.5 Å². The molecule has 0 radical (unpaired) electrons. The molecule has 9 heteroatoms. The number of anilines is 1. The summed E-state index contributed by atoms with van der Waals surface area (Å²) in [4.78, 5) is 22.4. The van der Waals surface area contributed by atoms with Crippen LogP contribution >= 0.6 is 30.7 Å². The van der Waals surface area contributed by atoms with Crippen molar-refractivity contribution in [2.75, 3.05) is 12.0 Å². The number of thiazole rings is 1. The molecule has 0 aliphatic rings. The zero-order valence-electron chi connectivity index (χ0n) is 8.65. The summed E-state index contributed by atoms with van der Waals surface area (Å²) in [5.74, 6) is 0.0793. The minimum atomic E-state index is -4.37. The molecule has 0 aromatic carbocycles. The van der Waals surface area contributed by atoms with E-state index in [2.05, 4.69) is 4.98 Å². The quantitative estimate of drug-likeness (QED) is 0.581. The maximum atomic E-state index is 11.3. The number of rotatable bonds is 3. The SMILES string of the molecule is CSc1sc(N)nc1-c1occc1P(=O)(O)O. The average molecular weight is 292 g/mol. The van der Waals surface area contributed by atoms with Gasteiger partial charge in [0.25, 0.3) is 0 Å². The maximum absolute atomic E-state index is 11.3. The highest BCUT2D eigenvalue weighted by molar-refractivity contribution is 8.00. The Hall–Kier alpha value is -0.790. The number of furan rings is 1. The fraction of sp³-hybridized carbons (Fsp3) is 0.125. The lowest BCUT2D eigenvalue weighted by molar-refractivity contribution is 0.387. The van der Waals surface area contributed by atoms with Crippen molar-refractivity contribution in [3.05, 3.63) is 12.3 Å². The average Bonchev–Trinajstić information content (AvgIpc) is 2.81. The van der Waals surface area contributed by atoms with E-state index >= 15 is 0 Å². The van der Waals surface area contributed by atoms with Crippen molar-refractivity contribution in [1.29, 1.82) is 0 Å². The first-order chi connectivity index (χ1) is 7.93. The Morgan fingerprint density at radius 3 is 2.88 bits per heavy atom. The van der Waals surface area contributed by atoms with Crippen molar-refractivity contribution in [3.8, 4) is 11.5 Å². The van der Waals surface area contributed by atoms with Crippen LogP contribution in [0.3, 0.4) is 0 Å². The number of thioether (sulfide) groups is 1. The Labute approximate surface area is 105 Å². The van der Waals surface area contributed by atoms with E-state index in [9.17, 15) is 14.4 Å². The van der Waals surface area contributed by atoms with Gasteiger partial charge in [0.2, 0.25) is 0 Å². The number of nitrogens with zero attached hydrogens (tertiary/aromatic N) is 1. The van der Waals surface area contributed by atoms with Crippen LogP contribution in [0.2, 0.25) is 0 Å². The number of hydrogen-bond donors (Lipinski definition) is 3. The summed E-state index contributed by atoms with van der Waals surface area (Å²) in [6.07, 6.45) is 3.06. The predicted molar refractivity (Wildman–Crippen MR) is 67.7 cm³/mol. The van der Waals surface area contributed by atoms with Gasteiger partial charge in [-0.1, -0.05) is 11.3 Å². The second-order valence-corrected chi connectivity index (χ2v) is 6.75. The fourth-order valence-electron chi connectivity index (χ4n) is 1.31. The van der Waals surface area contributed by atoms with E-state index in [0.29, 0.717) is 10.8 Å². The van der Waals surface area contributed by atoms with Gasteiger partial charge in [-0.3, -0.25) is 4.57 Å². The van der Waals surface area contributed by atoms with Gasteiger partial charge in [-0.15, -0.1) is 11.8 Å². The minimum Gasteiger partial charge on any atom is -0.462 e. The molecule has 0 atom stereocenters. The maximum Gasteiger partial charge on any atom is 0.360 e. The van der Waals surface area contributed by atoms with Crippen LogP contribution in [-0.4, -0.2) is 21.0 Å². The number of nitrogens with two attached hydrogens (primary N) is 1. The molecule has 92 valence electrons. The first-order valence-corrected chi connectivity index (χ1v) is 8.03. The highest BCUT2D eigenvalue weighted by Crippen LogP contribution is 2.42. The third kappa shape index (κ3) is 2.41. The molecule has 0 fully saturated rings. The van der Waals surface area contributed by atoms with Crippen LogP contribution in [0.5, 0.6) is 0 Å². The van der Waals surface area contributed by atoms with E-state index in [0.717, 1.165) is 4.21 Å². The van der Waals surface area contributed by atoms with Crippen molar-refractivity contribution in [1.82, 2.24) is 4.98 Å². The summed E-state index contributed by atoms with van der Waals surface area (Å²) in [6.45, 7) is 0. The summed E-state index contributed by atoms with van der Waals surface area (Å²) in [7, 11) is -4.37. The molecule has 17 heavy (non-hydrogen) atoms. The van der Waals surface area contributed by atoms with Gasteiger partial charge in [0.1, 0.15) is 11.0 Å². The number of nitrogen functional groups attached to an aromatic ring is 1. The van der Waals surface area contributed by atoms with E-state index < -0.39 is 7.60 Å². The molecule has 0 saturated heterocycles. The molecule has 2 aromatic rings. The molecule has 0 aliphatic carbocycles. The van der Waals surface area contributed by atoms with Gasteiger partial charge in [-0.2, -0.15) is 0 Å². The third-order valence-corrected chi connectivity index (χ3v) is 4.94. The molecule has 0 amide bonds. The molecular weight excluding hydrogens is 283 g/mol. The highest BCUT2D eigenvalue weighted by atomic mass is 32.2. The number of hydrogen-bond acceptors (Lipinski definition) is 6. The van der Waals surface area contributed by atoms with Gasteiger partial charge >= 0.3 is 7.60 Å². The summed E-state index contributed by atoms with van der Waals surface area (Å²) < 4.78 is 17.1. The standard InChI is InChI=1S/C8H9N2O4PS2/c1-16-7-5(10-8(9)17-7)6-4(2-3-14-6)15(11,12)13/h2-3H,1H3,(H2,9,10)(H2,11,12,13). The first-order valence-electron chi connectivity index (χ1n) is 4.37. The first kappa shape index (κ1) is 12.7. The zero-order valence-corrected chi connectivity index (χ0v) is 11.2. The lowest BCUT2D eigenvalue weighted by atomic mass is 10.4. The molecule has 0 saturated carbocycles. The highest BCUT2D eigenvalue weighted by Gasteiger charge is 2.28. The zero-order chi connectivity index (χ0) is 12.6. The minimum absolute atomic E-state index is 0.0793. The van der Waals surface area contributed by atoms with Gasteiger partial charge in [-0.05, 0) is 12.3 Å². The van der Waals surface area contributed by atoms with E-state index in [1.54, 1.807) is 0 Å². The monoisotopic (exact) mass is 292 g/mol. The van der Waals surface area contributed by atoms with Crippen molar-refractivity contribution in [2.24, 2.45) is 0 Å². The second-order valence-electron chi connectivity index (χ2n) is 3.07. The van der Waals surface area contributed by atoms with Gasteiger partial charge in [0, 0.05) is 0 Å². The van der Waals surface area contributed by atoms with E-state index in [4.69, 9.17) is 10.2 Å². The molecule has 6 nitrogen and oxygen atoms in total. The van der Waals surface area contributed by atoms with Gasteiger partial charge in [0.05, 0.1) is 10.5 Å². The summed E-state index contributed by atoms with van der Waals surface area (Å²) >= 11 is 2.65. The fourth-order valence-corrected chi connectivity index (χ4v) is 3.47. The summed E-state index contributed by atoms with van der Waals surface area (Å²) in [6, 6.07) is 1.25. The molecule has 0 spiro atoms. The largest absolute Gasteiger partial charge is 0.462 e. The Bertz CT molecular complexity index is 588. The van der Waals surface area contributed by atoms with Crippen LogP contribution in [0, 0.1) is 0 Å². The van der Waals surface area contributed by atoms with Gasteiger partial charge < -0.3 is 19.9 Å². The van der Waals surface area contributed by atoms with E-state index in [-0.39, 0.29) is 11.1 Å². The second kappa shape index (κ2) is 4.47. The lowest BCUT2D eigenvalue weighted by Crippen LogP contribution is -2.04. The molecule has 2 rings (SSSR count). The van der Waals surface area contributed by atoms with Gasteiger partial charge in [0.15, 0.2) is 10.9 Å². The Kier molecular flexibility index (Phi) is 3.33. The van der Waals surface area contributed by atoms with Crippen LogP contribution < -0.4 is 11.0 Å². The van der Waals surface area contributed by atoms with E-state index in [1.807, 2.05) is 6.26 Å². The molecule has 4 N–H and O–H groups in total. The Balaban J connectivity index is 2.61. The van der Waals surface area contributed by atoms with Crippen molar-refractivity contribution in [2.45, 2.75) is 4.21 Å². The van der Waals surface area contributed by atoms with Crippen LogP contribution in [-0.2, 0) is 4.57 Å². The van der Waals surface area contributed by atoms with Crippen LogP contribution in [0.15, 0.2) is 21.0 Å². The number of aromatic nitrogens is 1. The Morgan fingerprint density at radius 1 is 1.59 bits per heavy atom. The molecule has 2 heterocycles. The molecule has 0 aliphatic heterocycles. The van der Waals surface area contributed by atoms with Crippen molar-refractivity contribution in [3.63, 3.8) is 0 Å². The van der Waals surface area contributed by atoms with Crippen molar-refractivity contribution >= 4 is 41.1 Å². The lowest BCUT2D eigenvalue weighted by Gasteiger charge is -2.03. The smallest absolute Gasteiger partial charge is 0.360 e. The molecule has 2 aromatic heterocycles. The predicted octanol–water partition coefficient (Wildman–Crippen LogP) is 1.51. The van der Waals surface area contributed by atoms with Gasteiger partial charge in [-0.25, -0.2) is 4.98 Å². The summed E-state index contributed by atoms with van der Waals surface area (Å²) in [5, 5.41) is 0.163. The van der Waals surface area contributed by atoms with Crippen LogP contribution in [0.4, 0.5) is 5.13 Å². The van der Waals surface area contributed by atoms with Crippen molar-refractivity contribution < 1.29 is 18.8 Å². The topological polar surface area (TPSA) is 110 Å². The Morgan fingerprint density at radius 2 is 2.29 bits per heavy atom. The molecule has 0 unspecified atom stereocenters.